The summed E-state index contributed by atoms with van der Waals surface area (Å²) >= 11 is 0. The van der Waals surface area contributed by atoms with Crippen LogP contribution in [0, 0.1) is 0 Å². The summed E-state index contributed by atoms with van der Waals surface area (Å²) in [5.74, 6) is 0.930. The van der Waals surface area contributed by atoms with Crippen LogP contribution in [-0.2, 0) is 16.6 Å². The van der Waals surface area contributed by atoms with Gasteiger partial charge in [-0.25, -0.2) is 9.97 Å². The van der Waals surface area contributed by atoms with Crippen LogP contribution in [0.4, 0.5) is 22.9 Å². The number of ether oxygens (including phenoxy) is 2. The molecular weight excluding hydrogens is 482 g/mol. The number of carbonyl (C=O) groups excluding carboxylic acids is 1. The van der Waals surface area contributed by atoms with Gasteiger partial charge >= 0.3 is 0 Å². The van der Waals surface area contributed by atoms with E-state index in [1.807, 2.05) is 48.3 Å². The quantitative estimate of drug-likeness (QED) is 0.331. The summed E-state index contributed by atoms with van der Waals surface area (Å²) in [5, 5.41) is 11.7. The van der Waals surface area contributed by atoms with Crippen LogP contribution in [0.25, 0.3) is 22.2 Å². The number of methoxy groups -OCH3 is 2. The summed E-state index contributed by atoms with van der Waals surface area (Å²) in [6.45, 7) is 5.21. The number of fused-ring (bicyclic) bond motifs is 1. The van der Waals surface area contributed by atoms with E-state index in [0.29, 0.717) is 22.9 Å². The van der Waals surface area contributed by atoms with Crippen LogP contribution in [0.1, 0.15) is 12.8 Å². The van der Waals surface area contributed by atoms with Crippen molar-refractivity contribution >= 4 is 39.7 Å². The molecule has 0 radical (unpaired) electrons. The number of aryl methyl sites for hydroxylation is 1. The number of anilines is 4. The Morgan fingerprint density at radius 3 is 2.66 bits per heavy atom. The van der Waals surface area contributed by atoms with E-state index in [1.54, 1.807) is 14.2 Å². The minimum Gasteiger partial charge on any atom is -0.494 e. The molecule has 1 saturated heterocycles. The Hall–Kier alpha value is -4.44. The molecule has 4 aromatic rings. The van der Waals surface area contributed by atoms with Gasteiger partial charge in [0.2, 0.25) is 5.91 Å². The predicted molar refractivity (Wildman–Crippen MR) is 149 cm³/mol. The topological polar surface area (TPSA) is 106 Å². The largest absolute Gasteiger partial charge is 0.494 e. The number of carbonyl (C=O) groups is 1. The van der Waals surface area contributed by atoms with Gasteiger partial charge < -0.3 is 25.0 Å². The standard InChI is InChI=1S/C28H31N7O3/c1-5-28(36)33-22-13-23(26(38-4)15-25(22)35-10-8-20(37-3)9-11-35)32-27-14-21(29-17-30-27)18-6-7-19-16-31-34(2)24(19)12-18/h5-7,12-17,20H,1,8-11H2,2-4H3,(H,33,36)(H,29,30,32). The Balaban J connectivity index is 1.47. The maximum atomic E-state index is 12.3. The highest BCUT2D eigenvalue weighted by Crippen LogP contribution is 2.39. The molecule has 10 heteroatoms. The van der Waals surface area contributed by atoms with Gasteiger partial charge in [0.15, 0.2) is 0 Å². The average molecular weight is 514 g/mol. The molecule has 196 valence electrons. The molecule has 5 rings (SSSR count). The molecule has 1 fully saturated rings. The van der Waals surface area contributed by atoms with Crippen LogP contribution < -0.4 is 20.3 Å². The summed E-state index contributed by atoms with van der Waals surface area (Å²) in [6, 6.07) is 11.8. The number of piperidine rings is 1. The lowest BCUT2D eigenvalue weighted by Gasteiger charge is -2.34. The van der Waals surface area contributed by atoms with Crippen LogP contribution in [0.2, 0.25) is 0 Å². The number of benzene rings is 2. The third kappa shape index (κ3) is 5.16. The SMILES string of the molecule is C=CC(=O)Nc1cc(Nc2cc(-c3ccc4cnn(C)c4c3)ncn2)c(OC)cc1N1CCC(OC)CC1. The summed E-state index contributed by atoms with van der Waals surface area (Å²) in [7, 11) is 5.28. The lowest BCUT2D eigenvalue weighted by Crippen LogP contribution is -2.37. The van der Waals surface area contributed by atoms with Gasteiger partial charge in [-0.3, -0.25) is 9.48 Å². The number of hydrogen-bond acceptors (Lipinski definition) is 8. The van der Waals surface area contributed by atoms with E-state index in [1.165, 1.54) is 12.4 Å². The van der Waals surface area contributed by atoms with Crippen molar-refractivity contribution in [2.75, 3.05) is 42.8 Å². The number of aromatic nitrogens is 4. The highest BCUT2D eigenvalue weighted by Gasteiger charge is 2.23. The molecule has 2 N–H and O–H groups in total. The normalized spacial score (nSPS) is 13.9. The molecule has 0 unspecified atom stereocenters. The number of nitrogens with one attached hydrogen (secondary N) is 2. The van der Waals surface area contributed by atoms with Crippen molar-refractivity contribution in [3.8, 4) is 17.0 Å². The lowest BCUT2D eigenvalue weighted by molar-refractivity contribution is -0.111. The van der Waals surface area contributed by atoms with E-state index in [2.05, 4.69) is 43.2 Å². The first kappa shape index (κ1) is 25.2. The summed E-state index contributed by atoms with van der Waals surface area (Å²) in [5.41, 5.74) is 4.93. The van der Waals surface area contributed by atoms with E-state index in [0.717, 1.165) is 53.8 Å². The van der Waals surface area contributed by atoms with E-state index in [9.17, 15) is 4.79 Å². The van der Waals surface area contributed by atoms with Crippen molar-refractivity contribution in [2.24, 2.45) is 7.05 Å². The van der Waals surface area contributed by atoms with Gasteiger partial charge in [0.25, 0.3) is 0 Å². The second kappa shape index (κ2) is 10.9. The molecule has 0 aliphatic carbocycles. The number of nitrogens with zero attached hydrogens (tertiary/aromatic N) is 5. The summed E-state index contributed by atoms with van der Waals surface area (Å²) in [4.78, 5) is 23.4. The fraction of sp³-hybridized carbons (Fsp3) is 0.286. The summed E-state index contributed by atoms with van der Waals surface area (Å²) < 4.78 is 13.1. The van der Waals surface area contributed by atoms with Gasteiger partial charge in [-0.1, -0.05) is 18.7 Å². The van der Waals surface area contributed by atoms with Crippen molar-refractivity contribution in [3.05, 3.63) is 61.6 Å². The van der Waals surface area contributed by atoms with E-state index in [-0.39, 0.29) is 12.0 Å². The van der Waals surface area contributed by atoms with Crippen molar-refractivity contribution in [1.29, 1.82) is 0 Å². The van der Waals surface area contributed by atoms with Crippen LogP contribution in [0.3, 0.4) is 0 Å². The highest BCUT2D eigenvalue weighted by molar-refractivity contribution is 6.02. The molecule has 0 spiro atoms. The van der Waals surface area contributed by atoms with E-state index in [4.69, 9.17) is 9.47 Å². The average Bonchev–Trinajstić information content (AvgIpc) is 3.33. The minimum absolute atomic E-state index is 0.242. The van der Waals surface area contributed by atoms with Gasteiger partial charge in [0.1, 0.15) is 17.9 Å². The Labute approximate surface area is 221 Å². The molecular formula is C28H31N7O3. The molecule has 10 nitrogen and oxygen atoms in total. The first-order valence-electron chi connectivity index (χ1n) is 12.4. The number of hydrogen-bond donors (Lipinski definition) is 2. The molecule has 1 aliphatic heterocycles. The zero-order valence-electron chi connectivity index (χ0n) is 21.8. The fourth-order valence-corrected chi connectivity index (χ4v) is 4.74. The lowest BCUT2D eigenvalue weighted by atomic mass is 10.1. The van der Waals surface area contributed by atoms with Crippen LogP contribution in [0.15, 0.2) is 61.6 Å². The Morgan fingerprint density at radius 2 is 1.92 bits per heavy atom. The zero-order chi connectivity index (χ0) is 26.6. The van der Waals surface area contributed by atoms with Gasteiger partial charge in [0, 0.05) is 50.3 Å². The Bertz CT molecular complexity index is 1470. The van der Waals surface area contributed by atoms with Crippen molar-refractivity contribution in [1.82, 2.24) is 19.7 Å². The van der Waals surface area contributed by atoms with Crippen molar-refractivity contribution in [2.45, 2.75) is 18.9 Å². The van der Waals surface area contributed by atoms with Gasteiger partial charge in [-0.2, -0.15) is 5.10 Å². The van der Waals surface area contributed by atoms with Crippen LogP contribution in [0.5, 0.6) is 5.75 Å². The van der Waals surface area contributed by atoms with Gasteiger partial charge in [-0.05, 0) is 31.1 Å². The van der Waals surface area contributed by atoms with E-state index >= 15 is 0 Å². The molecule has 0 atom stereocenters. The molecule has 1 amide bonds. The second-order valence-electron chi connectivity index (χ2n) is 9.14. The molecule has 2 aromatic carbocycles. The van der Waals surface area contributed by atoms with Crippen LogP contribution >= 0.6 is 0 Å². The van der Waals surface area contributed by atoms with Gasteiger partial charge in [-0.15, -0.1) is 0 Å². The molecule has 38 heavy (non-hydrogen) atoms. The third-order valence-corrected chi connectivity index (χ3v) is 6.85. The number of rotatable bonds is 8. The monoisotopic (exact) mass is 513 g/mol. The molecule has 1 aliphatic rings. The first-order valence-corrected chi connectivity index (χ1v) is 12.4. The van der Waals surface area contributed by atoms with Crippen molar-refractivity contribution in [3.63, 3.8) is 0 Å². The Morgan fingerprint density at radius 1 is 1.11 bits per heavy atom. The third-order valence-electron chi connectivity index (χ3n) is 6.85. The highest BCUT2D eigenvalue weighted by atomic mass is 16.5. The maximum Gasteiger partial charge on any atom is 0.247 e. The smallest absolute Gasteiger partial charge is 0.247 e. The predicted octanol–water partition coefficient (Wildman–Crippen LogP) is 4.52. The zero-order valence-corrected chi connectivity index (χ0v) is 21.8. The summed E-state index contributed by atoms with van der Waals surface area (Å²) in [6.07, 6.45) is 6.67. The molecule has 2 aromatic heterocycles. The number of amides is 1. The molecule has 0 saturated carbocycles. The van der Waals surface area contributed by atoms with E-state index < -0.39 is 0 Å². The first-order chi connectivity index (χ1) is 18.5. The molecule has 0 bridgehead atoms. The van der Waals surface area contributed by atoms with Gasteiger partial charge in [0.05, 0.1) is 47.7 Å². The maximum absolute atomic E-state index is 12.3. The Kier molecular flexibility index (Phi) is 7.23. The van der Waals surface area contributed by atoms with Crippen molar-refractivity contribution < 1.29 is 14.3 Å². The van der Waals surface area contributed by atoms with Crippen LogP contribution in [-0.4, -0.2) is 59.1 Å². The second-order valence-corrected chi connectivity index (χ2v) is 9.14. The molecule has 3 heterocycles. The fourth-order valence-electron chi connectivity index (χ4n) is 4.74. The minimum atomic E-state index is -0.288.